The van der Waals surface area contributed by atoms with E-state index in [0.717, 1.165) is 19.4 Å². The van der Waals surface area contributed by atoms with Crippen molar-refractivity contribution in [2.24, 2.45) is 0 Å². The Labute approximate surface area is 123 Å². The molecule has 0 aliphatic carbocycles. The zero-order valence-corrected chi connectivity index (χ0v) is 12.4. The fourth-order valence-electron chi connectivity index (χ4n) is 2.28. The number of carbonyl (C=O) groups is 1. The summed E-state index contributed by atoms with van der Waals surface area (Å²) in [7, 11) is 0. The van der Waals surface area contributed by atoms with Crippen molar-refractivity contribution in [3.63, 3.8) is 0 Å². The highest BCUT2D eigenvalue weighted by atomic mass is 35.5. The summed E-state index contributed by atoms with van der Waals surface area (Å²) >= 11 is 11.8. The summed E-state index contributed by atoms with van der Waals surface area (Å²) in [4.78, 5) is 14.0. The lowest BCUT2D eigenvalue weighted by Crippen LogP contribution is -2.44. The Bertz CT molecular complexity index is 465. The van der Waals surface area contributed by atoms with Gasteiger partial charge in [-0.3, -0.25) is 4.79 Å². The van der Waals surface area contributed by atoms with E-state index in [4.69, 9.17) is 27.9 Å². The standard InChI is InChI=1S/C14H17Cl2NO2/c1-10-4-2-3-7-17(10)14(18)9-19-13-6-5-11(15)8-12(13)16/h5-6,8,10H,2-4,7,9H2,1H3/t10-/m0/s1. The van der Waals surface area contributed by atoms with Crippen LogP contribution in [0.15, 0.2) is 18.2 Å². The average Bonchev–Trinajstić information content (AvgIpc) is 2.38. The Balaban J connectivity index is 1.92. The summed E-state index contributed by atoms with van der Waals surface area (Å²) in [6.07, 6.45) is 3.32. The minimum Gasteiger partial charge on any atom is -0.482 e. The topological polar surface area (TPSA) is 29.5 Å². The van der Waals surface area contributed by atoms with Crippen LogP contribution >= 0.6 is 23.2 Å². The number of nitrogens with zero attached hydrogens (tertiary/aromatic N) is 1. The molecule has 1 aromatic rings. The molecule has 0 spiro atoms. The summed E-state index contributed by atoms with van der Waals surface area (Å²) in [5.74, 6) is 0.502. The number of halogens is 2. The van der Waals surface area contributed by atoms with Gasteiger partial charge in [0, 0.05) is 17.6 Å². The van der Waals surface area contributed by atoms with Crippen LogP contribution in [0, 0.1) is 0 Å². The third-order valence-electron chi connectivity index (χ3n) is 3.37. The molecule has 1 atom stereocenters. The van der Waals surface area contributed by atoms with E-state index in [1.165, 1.54) is 6.42 Å². The molecule has 1 fully saturated rings. The number of likely N-dealkylation sites (tertiary alicyclic amines) is 1. The van der Waals surface area contributed by atoms with Gasteiger partial charge >= 0.3 is 0 Å². The molecule has 0 radical (unpaired) electrons. The Morgan fingerprint density at radius 3 is 2.89 bits per heavy atom. The molecule has 2 rings (SSSR count). The Morgan fingerprint density at radius 2 is 2.21 bits per heavy atom. The second kappa shape index (κ2) is 6.49. The summed E-state index contributed by atoms with van der Waals surface area (Å²) in [5, 5.41) is 0.973. The van der Waals surface area contributed by atoms with Gasteiger partial charge in [-0.25, -0.2) is 0 Å². The van der Waals surface area contributed by atoms with Gasteiger partial charge in [0.15, 0.2) is 6.61 Å². The molecule has 1 aliphatic heterocycles. The zero-order valence-electron chi connectivity index (χ0n) is 10.9. The number of ether oxygens (including phenoxy) is 1. The highest BCUT2D eigenvalue weighted by Crippen LogP contribution is 2.27. The molecule has 1 aromatic carbocycles. The van der Waals surface area contributed by atoms with Crippen LogP contribution in [-0.2, 0) is 4.79 Å². The molecule has 5 heteroatoms. The molecule has 1 saturated heterocycles. The van der Waals surface area contributed by atoms with Gasteiger partial charge in [0.2, 0.25) is 0 Å². The predicted molar refractivity (Wildman–Crippen MR) is 77.0 cm³/mol. The van der Waals surface area contributed by atoms with E-state index in [-0.39, 0.29) is 12.5 Å². The van der Waals surface area contributed by atoms with E-state index in [0.29, 0.717) is 21.8 Å². The molecule has 1 aliphatic rings. The maximum atomic E-state index is 12.1. The van der Waals surface area contributed by atoms with Gasteiger partial charge in [0.05, 0.1) is 5.02 Å². The van der Waals surface area contributed by atoms with Crippen LogP contribution < -0.4 is 4.74 Å². The quantitative estimate of drug-likeness (QED) is 0.850. The van der Waals surface area contributed by atoms with E-state index in [1.54, 1.807) is 18.2 Å². The average molecular weight is 302 g/mol. The molecule has 1 heterocycles. The van der Waals surface area contributed by atoms with Crippen LogP contribution in [0.3, 0.4) is 0 Å². The maximum Gasteiger partial charge on any atom is 0.260 e. The molecule has 0 saturated carbocycles. The van der Waals surface area contributed by atoms with Crippen molar-refractivity contribution in [2.75, 3.05) is 13.2 Å². The van der Waals surface area contributed by atoms with Gasteiger partial charge in [-0.05, 0) is 44.4 Å². The third kappa shape index (κ3) is 3.77. The highest BCUT2D eigenvalue weighted by Gasteiger charge is 2.23. The second-order valence-corrected chi connectivity index (χ2v) is 5.64. The first-order chi connectivity index (χ1) is 9.08. The Hall–Kier alpha value is -0.930. The van der Waals surface area contributed by atoms with Crippen molar-refractivity contribution >= 4 is 29.1 Å². The minimum atomic E-state index is 0.0122. The number of benzene rings is 1. The van der Waals surface area contributed by atoms with E-state index in [1.807, 2.05) is 4.90 Å². The van der Waals surface area contributed by atoms with E-state index >= 15 is 0 Å². The lowest BCUT2D eigenvalue weighted by atomic mass is 10.0. The first-order valence-electron chi connectivity index (χ1n) is 6.45. The summed E-state index contributed by atoms with van der Waals surface area (Å²) < 4.78 is 5.47. The monoisotopic (exact) mass is 301 g/mol. The largest absolute Gasteiger partial charge is 0.482 e. The second-order valence-electron chi connectivity index (χ2n) is 4.80. The number of amides is 1. The van der Waals surface area contributed by atoms with Crippen molar-refractivity contribution in [3.05, 3.63) is 28.2 Å². The lowest BCUT2D eigenvalue weighted by molar-refractivity contribution is -0.136. The Morgan fingerprint density at radius 1 is 1.42 bits per heavy atom. The fourth-order valence-corrected chi connectivity index (χ4v) is 2.75. The van der Waals surface area contributed by atoms with Crippen molar-refractivity contribution in [1.29, 1.82) is 0 Å². The van der Waals surface area contributed by atoms with E-state index < -0.39 is 0 Å². The highest BCUT2D eigenvalue weighted by molar-refractivity contribution is 6.35. The van der Waals surface area contributed by atoms with Crippen molar-refractivity contribution < 1.29 is 9.53 Å². The molecular weight excluding hydrogens is 285 g/mol. The molecule has 0 unspecified atom stereocenters. The first kappa shape index (κ1) is 14.5. The van der Waals surface area contributed by atoms with E-state index in [2.05, 4.69) is 6.92 Å². The van der Waals surface area contributed by atoms with Gasteiger partial charge in [-0.2, -0.15) is 0 Å². The van der Waals surface area contributed by atoms with E-state index in [9.17, 15) is 4.79 Å². The van der Waals surface area contributed by atoms with Crippen molar-refractivity contribution in [2.45, 2.75) is 32.2 Å². The Kier molecular flexibility index (Phi) is 4.94. The van der Waals surface area contributed by atoms with Crippen LogP contribution in [0.5, 0.6) is 5.75 Å². The SMILES string of the molecule is C[C@H]1CCCCN1C(=O)COc1ccc(Cl)cc1Cl. The molecule has 19 heavy (non-hydrogen) atoms. The van der Waals surface area contributed by atoms with Gasteiger partial charge in [-0.1, -0.05) is 23.2 Å². The van der Waals surface area contributed by atoms with Gasteiger partial charge in [0.1, 0.15) is 5.75 Å². The number of rotatable bonds is 3. The van der Waals surface area contributed by atoms with Gasteiger partial charge in [0.25, 0.3) is 5.91 Å². The molecule has 104 valence electrons. The van der Waals surface area contributed by atoms with Gasteiger partial charge in [-0.15, -0.1) is 0 Å². The molecule has 0 aromatic heterocycles. The first-order valence-corrected chi connectivity index (χ1v) is 7.21. The number of hydrogen-bond acceptors (Lipinski definition) is 2. The minimum absolute atomic E-state index is 0.0122. The maximum absolute atomic E-state index is 12.1. The predicted octanol–water partition coefficient (Wildman–Crippen LogP) is 3.77. The van der Waals surface area contributed by atoms with Gasteiger partial charge < -0.3 is 9.64 Å². The smallest absolute Gasteiger partial charge is 0.260 e. The lowest BCUT2D eigenvalue weighted by Gasteiger charge is -2.33. The van der Waals surface area contributed by atoms with Crippen LogP contribution in [0.25, 0.3) is 0 Å². The zero-order chi connectivity index (χ0) is 13.8. The molecule has 3 nitrogen and oxygen atoms in total. The van der Waals surface area contributed by atoms with Crippen LogP contribution in [0.2, 0.25) is 10.0 Å². The third-order valence-corrected chi connectivity index (χ3v) is 3.90. The fraction of sp³-hybridized carbons (Fsp3) is 0.500. The van der Waals surface area contributed by atoms with Crippen LogP contribution in [0.4, 0.5) is 0 Å². The van der Waals surface area contributed by atoms with Crippen molar-refractivity contribution in [3.8, 4) is 5.75 Å². The summed E-state index contributed by atoms with van der Waals surface area (Å²) in [6, 6.07) is 5.27. The summed E-state index contributed by atoms with van der Waals surface area (Å²) in [5.41, 5.74) is 0. The molecule has 0 bridgehead atoms. The number of piperidine rings is 1. The van der Waals surface area contributed by atoms with Crippen molar-refractivity contribution in [1.82, 2.24) is 4.90 Å². The van der Waals surface area contributed by atoms with Crippen LogP contribution in [0.1, 0.15) is 26.2 Å². The summed E-state index contributed by atoms with van der Waals surface area (Å²) in [6.45, 7) is 2.91. The van der Waals surface area contributed by atoms with Crippen LogP contribution in [-0.4, -0.2) is 30.0 Å². The molecule has 1 amide bonds. The normalized spacial score (nSPS) is 19.3. The molecule has 0 N–H and O–H groups in total. The number of hydrogen-bond donors (Lipinski definition) is 0. The number of carbonyl (C=O) groups excluding carboxylic acids is 1. The molecular formula is C14H17Cl2NO2.